The van der Waals surface area contributed by atoms with E-state index in [9.17, 15) is 0 Å². The number of anilines is 1. The van der Waals surface area contributed by atoms with Gasteiger partial charge in [0.15, 0.2) is 0 Å². The third kappa shape index (κ3) is 4.04. The summed E-state index contributed by atoms with van der Waals surface area (Å²) in [6, 6.07) is 2.15. The first kappa shape index (κ1) is 15.5. The normalized spacial score (nSPS) is 15.3. The molecule has 0 aliphatic carbocycles. The highest BCUT2D eigenvalue weighted by Gasteiger charge is 2.16. The molecule has 0 fully saturated rings. The largest absolute Gasteiger partial charge is 0.380 e. The van der Waals surface area contributed by atoms with Crippen LogP contribution in [0.25, 0.3) is 0 Å². The minimum Gasteiger partial charge on any atom is -0.380 e. The van der Waals surface area contributed by atoms with E-state index in [-0.39, 0.29) is 0 Å². The molecular weight excluding hydrogens is 318 g/mol. The van der Waals surface area contributed by atoms with Crippen molar-refractivity contribution in [1.29, 1.82) is 0 Å². The lowest BCUT2D eigenvalue weighted by Crippen LogP contribution is -2.31. The molecule has 0 spiro atoms. The first-order valence-corrected chi connectivity index (χ1v) is 7.80. The smallest absolute Gasteiger partial charge is 0.133 e. The van der Waals surface area contributed by atoms with Crippen LogP contribution in [0.2, 0.25) is 0 Å². The van der Waals surface area contributed by atoms with Crippen LogP contribution in [0.4, 0.5) is 5.82 Å². The second-order valence-corrected chi connectivity index (χ2v) is 5.82. The van der Waals surface area contributed by atoms with E-state index < -0.39 is 0 Å². The molecule has 0 saturated heterocycles. The maximum absolute atomic E-state index is 5.20. The second kappa shape index (κ2) is 7.76. The summed E-state index contributed by atoms with van der Waals surface area (Å²) in [5.41, 5.74) is 2.62. The molecule has 1 N–H and O–H groups in total. The van der Waals surface area contributed by atoms with Gasteiger partial charge in [-0.2, -0.15) is 0 Å². The van der Waals surface area contributed by atoms with Gasteiger partial charge in [0.25, 0.3) is 0 Å². The van der Waals surface area contributed by atoms with Gasteiger partial charge in [-0.1, -0.05) is 13.0 Å². The zero-order valence-electron chi connectivity index (χ0n) is 12.2. The molecule has 0 amide bonds. The van der Waals surface area contributed by atoms with E-state index in [1.165, 1.54) is 11.1 Å². The summed E-state index contributed by atoms with van der Waals surface area (Å²) in [4.78, 5) is 6.94. The standard InChI is InChI=1S/C15H22BrN3O/c1-3-17-9-13-8-14(16)10-18-15(13)19-6-4-12(5-7-19)11-20-2/h4,8,10,17H,3,5-7,9,11H2,1-2H3. The number of rotatable bonds is 6. The van der Waals surface area contributed by atoms with E-state index >= 15 is 0 Å². The predicted molar refractivity (Wildman–Crippen MR) is 86.1 cm³/mol. The fourth-order valence-corrected chi connectivity index (χ4v) is 2.75. The third-order valence-corrected chi connectivity index (χ3v) is 3.84. The highest BCUT2D eigenvalue weighted by Crippen LogP contribution is 2.24. The lowest BCUT2D eigenvalue weighted by molar-refractivity contribution is 0.222. The molecule has 5 heteroatoms. The first-order chi connectivity index (χ1) is 9.74. The monoisotopic (exact) mass is 339 g/mol. The molecule has 1 aliphatic rings. The Bertz CT molecular complexity index is 476. The topological polar surface area (TPSA) is 37.4 Å². The van der Waals surface area contributed by atoms with E-state index in [4.69, 9.17) is 4.74 Å². The summed E-state index contributed by atoms with van der Waals surface area (Å²) in [6.45, 7) is 6.58. The van der Waals surface area contributed by atoms with Crippen molar-refractivity contribution < 1.29 is 4.74 Å². The lowest BCUT2D eigenvalue weighted by Gasteiger charge is -2.29. The number of nitrogens with one attached hydrogen (secondary N) is 1. The van der Waals surface area contributed by atoms with Crippen LogP contribution in [0.5, 0.6) is 0 Å². The van der Waals surface area contributed by atoms with E-state index in [0.717, 1.165) is 49.5 Å². The van der Waals surface area contributed by atoms with Crippen molar-refractivity contribution >= 4 is 21.7 Å². The zero-order chi connectivity index (χ0) is 14.4. The number of aromatic nitrogens is 1. The number of halogens is 1. The summed E-state index contributed by atoms with van der Waals surface area (Å²) in [6.07, 6.45) is 5.18. The van der Waals surface area contributed by atoms with Gasteiger partial charge in [0.1, 0.15) is 5.82 Å². The number of hydrogen-bond donors (Lipinski definition) is 1. The van der Waals surface area contributed by atoms with Gasteiger partial charge in [0.2, 0.25) is 0 Å². The average molecular weight is 340 g/mol. The Kier molecular flexibility index (Phi) is 6.01. The Morgan fingerprint density at radius 1 is 1.50 bits per heavy atom. The quantitative estimate of drug-likeness (QED) is 0.808. The number of hydrogen-bond acceptors (Lipinski definition) is 4. The molecule has 2 heterocycles. The van der Waals surface area contributed by atoms with Crippen molar-refractivity contribution in [2.45, 2.75) is 19.9 Å². The fraction of sp³-hybridized carbons (Fsp3) is 0.533. The molecule has 0 atom stereocenters. The van der Waals surface area contributed by atoms with Crippen LogP contribution < -0.4 is 10.2 Å². The first-order valence-electron chi connectivity index (χ1n) is 7.01. The zero-order valence-corrected chi connectivity index (χ0v) is 13.7. The van der Waals surface area contributed by atoms with Crippen molar-refractivity contribution in [3.8, 4) is 0 Å². The van der Waals surface area contributed by atoms with Crippen LogP contribution in [-0.2, 0) is 11.3 Å². The number of pyridine rings is 1. The molecule has 4 nitrogen and oxygen atoms in total. The summed E-state index contributed by atoms with van der Waals surface area (Å²) in [7, 11) is 1.75. The second-order valence-electron chi connectivity index (χ2n) is 4.91. The minimum atomic E-state index is 0.742. The maximum Gasteiger partial charge on any atom is 0.133 e. The molecule has 2 rings (SSSR count). The maximum atomic E-state index is 5.20. The third-order valence-electron chi connectivity index (χ3n) is 3.41. The minimum absolute atomic E-state index is 0.742. The van der Waals surface area contributed by atoms with Crippen LogP contribution in [0.3, 0.4) is 0 Å². The summed E-state index contributed by atoms with van der Waals surface area (Å²) in [5.74, 6) is 1.09. The molecule has 110 valence electrons. The molecule has 1 aliphatic heterocycles. The van der Waals surface area contributed by atoms with Gasteiger partial charge in [-0.3, -0.25) is 0 Å². The number of nitrogens with zero attached hydrogens (tertiary/aromatic N) is 2. The Morgan fingerprint density at radius 2 is 2.35 bits per heavy atom. The highest BCUT2D eigenvalue weighted by molar-refractivity contribution is 9.10. The van der Waals surface area contributed by atoms with E-state index in [1.807, 2.05) is 6.20 Å². The van der Waals surface area contributed by atoms with Crippen molar-refractivity contribution in [3.05, 3.63) is 33.9 Å². The van der Waals surface area contributed by atoms with E-state index in [0.29, 0.717) is 0 Å². The molecule has 0 radical (unpaired) electrons. The Hall–Kier alpha value is -0.910. The van der Waals surface area contributed by atoms with Crippen LogP contribution in [-0.4, -0.2) is 38.3 Å². The van der Waals surface area contributed by atoms with Gasteiger partial charge in [0.05, 0.1) is 6.61 Å². The average Bonchev–Trinajstić information content (AvgIpc) is 2.47. The summed E-state index contributed by atoms with van der Waals surface area (Å²) in [5, 5.41) is 3.38. The van der Waals surface area contributed by atoms with Gasteiger partial charge in [-0.05, 0) is 40.5 Å². The van der Waals surface area contributed by atoms with E-state index in [1.54, 1.807) is 7.11 Å². The molecule has 0 aromatic carbocycles. The molecule has 1 aromatic heterocycles. The Balaban J connectivity index is 2.12. The summed E-state index contributed by atoms with van der Waals surface area (Å²) >= 11 is 3.51. The van der Waals surface area contributed by atoms with Crippen molar-refractivity contribution in [3.63, 3.8) is 0 Å². The predicted octanol–water partition coefficient (Wildman–Crippen LogP) is 2.74. The molecule has 0 saturated carbocycles. The van der Waals surface area contributed by atoms with Gasteiger partial charge < -0.3 is 15.0 Å². The van der Waals surface area contributed by atoms with Crippen LogP contribution in [0.15, 0.2) is 28.4 Å². The molecule has 0 unspecified atom stereocenters. The molecule has 0 bridgehead atoms. The highest BCUT2D eigenvalue weighted by atomic mass is 79.9. The van der Waals surface area contributed by atoms with Crippen LogP contribution in [0.1, 0.15) is 18.9 Å². The van der Waals surface area contributed by atoms with Crippen molar-refractivity contribution in [2.24, 2.45) is 0 Å². The fourth-order valence-electron chi connectivity index (χ4n) is 2.37. The Labute approximate surface area is 129 Å². The molecule has 1 aromatic rings. The molecule has 20 heavy (non-hydrogen) atoms. The number of methoxy groups -OCH3 is 1. The van der Waals surface area contributed by atoms with Gasteiger partial charge in [-0.25, -0.2) is 4.98 Å². The van der Waals surface area contributed by atoms with Gasteiger partial charge in [-0.15, -0.1) is 0 Å². The SMILES string of the molecule is CCNCc1cc(Br)cnc1N1CC=C(COC)CC1. The van der Waals surface area contributed by atoms with Crippen LogP contribution >= 0.6 is 15.9 Å². The lowest BCUT2D eigenvalue weighted by atomic mass is 10.1. The summed E-state index contributed by atoms with van der Waals surface area (Å²) < 4.78 is 6.23. The van der Waals surface area contributed by atoms with Crippen LogP contribution in [0, 0.1) is 0 Å². The molecular formula is C15H22BrN3O. The van der Waals surface area contributed by atoms with Crippen molar-refractivity contribution in [2.75, 3.05) is 38.3 Å². The van der Waals surface area contributed by atoms with Gasteiger partial charge in [0, 0.05) is 43.0 Å². The Morgan fingerprint density at radius 3 is 3.00 bits per heavy atom. The van der Waals surface area contributed by atoms with E-state index in [2.05, 4.69) is 50.2 Å². The van der Waals surface area contributed by atoms with Gasteiger partial charge >= 0.3 is 0 Å². The number of ether oxygens (including phenoxy) is 1. The van der Waals surface area contributed by atoms with Crippen molar-refractivity contribution in [1.82, 2.24) is 10.3 Å².